The number of halogens is 1. The van der Waals surface area contributed by atoms with Crippen molar-refractivity contribution < 1.29 is 19.2 Å². The van der Waals surface area contributed by atoms with Crippen LogP contribution in [0.5, 0.6) is 0 Å². The molecule has 3 rings (SSSR count). The van der Waals surface area contributed by atoms with Gasteiger partial charge in [-0.25, -0.2) is 9.78 Å². The molecule has 27 heavy (non-hydrogen) atoms. The lowest BCUT2D eigenvalue weighted by Crippen LogP contribution is -2.12. The van der Waals surface area contributed by atoms with Gasteiger partial charge in [0.15, 0.2) is 5.13 Å². The minimum atomic E-state index is -0.604. The number of amides is 1. The van der Waals surface area contributed by atoms with Gasteiger partial charge in [0, 0.05) is 12.1 Å². The summed E-state index contributed by atoms with van der Waals surface area (Å²) in [5, 5.41) is 13.9. The molecule has 0 bridgehead atoms. The summed E-state index contributed by atoms with van der Waals surface area (Å²) >= 11 is 8.37. The molecule has 0 aliphatic heterocycles. The number of hydrogen-bond donors (Lipinski definition) is 1. The van der Waals surface area contributed by atoms with E-state index in [1.807, 2.05) is 0 Å². The number of esters is 1. The molecular weight excluding hydrogens is 414 g/mol. The summed E-state index contributed by atoms with van der Waals surface area (Å²) in [6.45, 7) is 3.79. The second-order valence-corrected chi connectivity index (χ2v) is 7.71. The molecule has 2 aromatic heterocycles. The standard InChI is InChI=1S/C16H12ClN3O5S2/c1-3-25-15(22)12-7(2)11-14(26-12)19-16(27-11)18-13(21)9-6-8(20(23)24)4-5-10(9)17/h4-6H,3H2,1-2H3,(H,18,19,21). The van der Waals surface area contributed by atoms with Gasteiger partial charge in [0.25, 0.3) is 11.6 Å². The number of anilines is 1. The van der Waals surface area contributed by atoms with Crippen LogP contribution in [0.1, 0.15) is 32.5 Å². The third kappa shape index (κ3) is 3.77. The number of non-ortho nitro benzene ring substituents is 1. The van der Waals surface area contributed by atoms with Gasteiger partial charge in [-0.1, -0.05) is 22.9 Å². The molecule has 2 heterocycles. The molecule has 0 aliphatic rings. The van der Waals surface area contributed by atoms with E-state index in [9.17, 15) is 19.7 Å². The Hall–Kier alpha value is -2.56. The second-order valence-electron chi connectivity index (χ2n) is 5.31. The molecule has 1 amide bonds. The zero-order chi connectivity index (χ0) is 19.7. The van der Waals surface area contributed by atoms with Crippen LogP contribution in [0, 0.1) is 17.0 Å². The number of benzene rings is 1. The summed E-state index contributed by atoms with van der Waals surface area (Å²) in [6, 6.07) is 3.63. The van der Waals surface area contributed by atoms with Gasteiger partial charge in [-0.05, 0) is 25.5 Å². The van der Waals surface area contributed by atoms with Gasteiger partial charge in [-0.3, -0.25) is 20.2 Å². The van der Waals surface area contributed by atoms with E-state index in [2.05, 4.69) is 10.3 Å². The summed E-state index contributed by atoms with van der Waals surface area (Å²) in [7, 11) is 0. The van der Waals surface area contributed by atoms with Crippen LogP contribution >= 0.6 is 34.3 Å². The number of thiophene rings is 1. The van der Waals surface area contributed by atoms with E-state index in [-0.39, 0.29) is 22.9 Å². The van der Waals surface area contributed by atoms with Gasteiger partial charge in [0.1, 0.15) is 9.71 Å². The van der Waals surface area contributed by atoms with Crippen LogP contribution in [-0.2, 0) is 4.74 Å². The summed E-state index contributed by atoms with van der Waals surface area (Å²) in [4.78, 5) is 40.0. The first kappa shape index (κ1) is 19.2. The number of nitrogens with zero attached hydrogens (tertiary/aromatic N) is 2. The zero-order valence-corrected chi connectivity index (χ0v) is 16.5. The fraction of sp³-hybridized carbons (Fsp3) is 0.188. The van der Waals surface area contributed by atoms with Gasteiger partial charge in [0.2, 0.25) is 0 Å². The maximum Gasteiger partial charge on any atom is 0.348 e. The molecule has 0 fully saturated rings. The normalized spacial score (nSPS) is 10.8. The molecule has 0 spiro atoms. The number of aromatic nitrogens is 1. The number of ether oxygens (including phenoxy) is 1. The van der Waals surface area contributed by atoms with Crippen molar-refractivity contribution in [3.63, 3.8) is 0 Å². The van der Waals surface area contributed by atoms with Crippen LogP contribution in [0.2, 0.25) is 5.02 Å². The van der Waals surface area contributed by atoms with Crippen LogP contribution < -0.4 is 5.32 Å². The molecule has 0 saturated heterocycles. The molecule has 0 saturated carbocycles. The number of nitrogens with one attached hydrogen (secondary N) is 1. The number of hydrogen-bond acceptors (Lipinski definition) is 8. The smallest absolute Gasteiger partial charge is 0.348 e. The highest BCUT2D eigenvalue weighted by Crippen LogP contribution is 2.37. The van der Waals surface area contributed by atoms with Crippen molar-refractivity contribution in [2.24, 2.45) is 0 Å². The Balaban J connectivity index is 1.87. The van der Waals surface area contributed by atoms with E-state index < -0.39 is 16.8 Å². The zero-order valence-electron chi connectivity index (χ0n) is 14.1. The summed E-state index contributed by atoms with van der Waals surface area (Å²) in [6.07, 6.45) is 0. The first-order valence-electron chi connectivity index (χ1n) is 7.64. The van der Waals surface area contributed by atoms with Gasteiger partial charge in [-0.15, -0.1) is 11.3 Å². The topological polar surface area (TPSA) is 111 Å². The number of carbonyl (C=O) groups is 2. The average Bonchev–Trinajstić information content (AvgIpc) is 3.14. The molecule has 1 N–H and O–H groups in total. The minimum Gasteiger partial charge on any atom is -0.462 e. The van der Waals surface area contributed by atoms with Crippen LogP contribution in [-0.4, -0.2) is 28.4 Å². The van der Waals surface area contributed by atoms with Gasteiger partial charge >= 0.3 is 5.97 Å². The largest absolute Gasteiger partial charge is 0.462 e. The number of rotatable bonds is 5. The highest BCUT2D eigenvalue weighted by molar-refractivity contribution is 7.30. The first-order valence-corrected chi connectivity index (χ1v) is 9.65. The van der Waals surface area contributed by atoms with Crippen molar-refractivity contribution in [1.29, 1.82) is 0 Å². The van der Waals surface area contributed by atoms with Crippen LogP contribution in [0.25, 0.3) is 9.53 Å². The van der Waals surface area contributed by atoms with Crippen LogP contribution in [0.15, 0.2) is 18.2 Å². The third-order valence-corrected chi connectivity index (χ3v) is 6.28. The average molecular weight is 426 g/mol. The van der Waals surface area contributed by atoms with E-state index in [1.54, 1.807) is 13.8 Å². The fourth-order valence-corrected chi connectivity index (χ4v) is 4.71. The third-order valence-electron chi connectivity index (χ3n) is 3.56. The fourth-order valence-electron chi connectivity index (χ4n) is 2.30. The summed E-state index contributed by atoms with van der Waals surface area (Å²) in [5.74, 6) is -1.01. The molecular formula is C16H12ClN3O5S2. The number of fused-ring (bicyclic) bond motifs is 1. The molecule has 140 valence electrons. The second kappa shape index (κ2) is 7.59. The monoisotopic (exact) mass is 425 g/mol. The maximum atomic E-state index is 12.4. The van der Waals surface area contributed by atoms with Crippen LogP contribution in [0.4, 0.5) is 10.8 Å². The van der Waals surface area contributed by atoms with E-state index in [0.717, 1.165) is 16.3 Å². The van der Waals surface area contributed by atoms with E-state index in [1.165, 1.54) is 34.8 Å². The Morgan fingerprint density at radius 3 is 2.74 bits per heavy atom. The molecule has 0 radical (unpaired) electrons. The molecule has 0 atom stereocenters. The molecule has 0 aliphatic carbocycles. The van der Waals surface area contributed by atoms with Gasteiger partial charge < -0.3 is 4.74 Å². The Morgan fingerprint density at radius 1 is 1.37 bits per heavy atom. The van der Waals surface area contributed by atoms with E-state index >= 15 is 0 Å². The Morgan fingerprint density at radius 2 is 2.11 bits per heavy atom. The van der Waals surface area contributed by atoms with Crippen molar-refractivity contribution >= 4 is 66.5 Å². The molecule has 11 heteroatoms. The molecule has 0 unspecified atom stereocenters. The van der Waals surface area contributed by atoms with Crippen LogP contribution in [0.3, 0.4) is 0 Å². The Labute approximate surface area is 165 Å². The molecule has 1 aromatic carbocycles. The van der Waals surface area contributed by atoms with Crippen molar-refractivity contribution in [1.82, 2.24) is 4.98 Å². The molecule has 8 nitrogen and oxygen atoms in total. The number of nitro benzene ring substituents is 1. The SMILES string of the molecule is CCOC(=O)c1sc2nc(NC(=O)c3cc([N+](=O)[O-])ccc3Cl)sc2c1C. The number of carbonyl (C=O) groups excluding carboxylic acids is 2. The summed E-state index contributed by atoms with van der Waals surface area (Å²) < 4.78 is 5.78. The lowest BCUT2D eigenvalue weighted by atomic mass is 10.2. The van der Waals surface area contributed by atoms with E-state index in [4.69, 9.17) is 16.3 Å². The van der Waals surface area contributed by atoms with Crippen molar-refractivity contribution in [2.75, 3.05) is 11.9 Å². The number of thiazole rings is 1. The van der Waals surface area contributed by atoms with Crippen molar-refractivity contribution in [3.8, 4) is 0 Å². The van der Waals surface area contributed by atoms with Gasteiger partial charge in [0.05, 0.1) is 26.8 Å². The van der Waals surface area contributed by atoms with Crippen molar-refractivity contribution in [2.45, 2.75) is 13.8 Å². The highest BCUT2D eigenvalue weighted by atomic mass is 35.5. The molecule has 3 aromatic rings. The van der Waals surface area contributed by atoms with E-state index in [0.29, 0.717) is 14.8 Å². The predicted octanol–water partition coefficient (Wildman–Crippen LogP) is 4.66. The number of aryl methyl sites for hydroxylation is 1. The highest BCUT2D eigenvalue weighted by Gasteiger charge is 2.22. The predicted molar refractivity (Wildman–Crippen MR) is 104 cm³/mol. The Kier molecular flexibility index (Phi) is 5.40. The number of nitro groups is 1. The Bertz CT molecular complexity index is 1080. The lowest BCUT2D eigenvalue weighted by molar-refractivity contribution is -0.384. The summed E-state index contributed by atoms with van der Waals surface area (Å²) in [5.41, 5.74) is 0.479. The van der Waals surface area contributed by atoms with Crippen molar-refractivity contribution in [3.05, 3.63) is 49.3 Å². The lowest BCUT2D eigenvalue weighted by Gasteiger charge is -2.04. The quantitative estimate of drug-likeness (QED) is 0.361. The van der Waals surface area contributed by atoms with Gasteiger partial charge in [-0.2, -0.15) is 0 Å². The first-order chi connectivity index (χ1) is 12.8. The maximum absolute atomic E-state index is 12.4. The minimum absolute atomic E-state index is 0.0200.